The molecule has 0 unspecified atom stereocenters. The second kappa shape index (κ2) is 9.17. The maximum atomic E-state index is 12.3. The highest BCUT2D eigenvalue weighted by Crippen LogP contribution is 2.09. The van der Waals surface area contributed by atoms with Crippen molar-refractivity contribution >= 4 is 17.8 Å². The van der Waals surface area contributed by atoms with Crippen molar-refractivity contribution in [1.29, 1.82) is 0 Å². The maximum Gasteiger partial charge on any atom is 0.336 e. The van der Waals surface area contributed by atoms with Gasteiger partial charge in [0.1, 0.15) is 12.1 Å². The zero-order chi connectivity index (χ0) is 18.3. The second-order valence-corrected chi connectivity index (χ2v) is 6.31. The first-order valence-electron chi connectivity index (χ1n) is 8.06. The van der Waals surface area contributed by atoms with Crippen molar-refractivity contribution < 1.29 is 19.1 Å². The highest BCUT2D eigenvalue weighted by Gasteiger charge is 2.31. The summed E-state index contributed by atoms with van der Waals surface area (Å²) in [5.74, 6) is -2.01. The molecule has 2 N–H and O–H groups in total. The Labute approximate surface area is 143 Å². The molecular weight excluding hydrogens is 308 g/mol. The van der Waals surface area contributed by atoms with Crippen LogP contribution in [0.2, 0.25) is 0 Å². The summed E-state index contributed by atoms with van der Waals surface area (Å²) in [6.45, 7) is 7.26. The van der Waals surface area contributed by atoms with Crippen LogP contribution in [0.1, 0.15) is 38.1 Å². The Balaban J connectivity index is 2.79. The largest absolute Gasteiger partial charge is 0.390 e. The molecule has 1 rings (SSSR count). The van der Waals surface area contributed by atoms with E-state index < -0.39 is 24.0 Å². The van der Waals surface area contributed by atoms with Gasteiger partial charge in [-0.25, -0.2) is 9.59 Å². The number of amides is 1. The SMILES string of the molecule is CN[C@H](C(=O)OC(=O)[C@@H](NC(=O)c1ccccc1)C(C)C)C(C)C. The Morgan fingerprint density at radius 2 is 1.38 bits per heavy atom. The fourth-order valence-corrected chi connectivity index (χ4v) is 2.26. The van der Waals surface area contributed by atoms with E-state index in [1.807, 2.05) is 13.8 Å². The molecule has 0 aliphatic rings. The molecule has 0 heterocycles. The van der Waals surface area contributed by atoms with Crippen LogP contribution in [0.3, 0.4) is 0 Å². The lowest BCUT2D eigenvalue weighted by Gasteiger charge is -2.23. The third-order valence-electron chi connectivity index (χ3n) is 3.68. The summed E-state index contributed by atoms with van der Waals surface area (Å²) >= 11 is 0. The molecule has 0 fully saturated rings. The molecular formula is C18H26N2O4. The van der Waals surface area contributed by atoms with Crippen molar-refractivity contribution in [3.05, 3.63) is 35.9 Å². The van der Waals surface area contributed by atoms with Crippen molar-refractivity contribution in [3.8, 4) is 0 Å². The molecule has 2 atom stereocenters. The van der Waals surface area contributed by atoms with Gasteiger partial charge < -0.3 is 15.4 Å². The molecule has 0 aliphatic carbocycles. The summed E-state index contributed by atoms with van der Waals surface area (Å²) in [4.78, 5) is 36.6. The molecule has 1 aromatic rings. The molecule has 0 radical (unpaired) electrons. The Bertz CT molecular complexity index is 570. The van der Waals surface area contributed by atoms with Crippen LogP contribution >= 0.6 is 0 Å². The van der Waals surface area contributed by atoms with Gasteiger partial charge in [-0.15, -0.1) is 0 Å². The predicted octanol–water partition coefficient (Wildman–Crippen LogP) is 1.75. The third-order valence-corrected chi connectivity index (χ3v) is 3.68. The van der Waals surface area contributed by atoms with E-state index in [4.69, 9.17) is 4.74 Å². The van der Waals surface area contributed by atoms with Gasteiger partial charge in [-0.3, -0.25) is 4.79 Å². The maximum absolute atomic E-state index is 12.3. The fourth-order valence-electron chi connectivity index (χ4n) is 2.26. The Morgan fingerprint density at radius 1 is 0.875 bits per heavy atom. The first-order valence-corrected chi connectivity index (χ1v) is 8.06. The van der Waals surface area contributed by atoms with Crippen LogP contribution in [0.5, 0.6) is 0 Å². The quantitative estimate of drug-likeness (QED) is 0.586. The lowest BCUT2D eigenvalue weighted by atomic mass is 10.0. The van der Waals surface area contributed by atoms with Crippen molar-refractivity contribution in [2.75, 3.05) is 7.05 Å². The molecule has 1 aromatic carbocycles. The van der Waals surface area contributed by atoms with Crippen LogP contribution in [0.25, 0.3) is 0 Å². The smallest absolute Gasteiger partial charge is 0.336 e. The van der Waals surface area contributed by atoms with Gasteiger partial charge in [-0.2, -0.15) is 0 Å². The molecule has 0 spiro atoms. The molecule has 0 aliphatic heterocycles. The van der Waals surface area contributed by atoms with Crippen molar-refractivity contribution in [3.63, 3.8) is 0 Å². The van der Waals surface area contributed by atoms with E-state index in [9.17, 15) is 14.4 Å². The van der Waals surface area contributed by atoms with Gasteiger partial charge in [-0.05, 0) is 31.0 Å². The number of rotatable bonds is 7. The van der Waals surface area contributed by atoms with Crippen LogP contribution in [-0.2, 0) is 14.3 Å². The molecule has 6 heteroatoms. The summed E-state index contributed by atoms with van der Waals surface area (Å²) in [5.41, 5.74) is 0.442. The predicted molar refractivity (Wildman–Crippen MR) is 91.3 cm³/mol. The number of nitrogens with one attached hydrogen (secondary N) is 2. The first kappa shape index (κ1) is 19.8. The number of likely N-dealkylation sites (N-methyl/N-ethyl adjacent to an activating group) is 1. The number of hydrogen-bond acceptors (Lipinski definition) is 5. The molecule has 0 saturated carbocycles. The molecule has 132 valence electrons. The Kier molecular flexibility index (Phi) is 7.58. The minimum Gasteiger partial charge on any atom is -0.390 e. The van der Waals surface area contributed by atoms with Gasteiger partial charge in [-0.1, -0.05) is 45.9 Å². The molecule has 24 heavy (non-hydrogen) atoms. The lowest BCUT2D eigenvalue weighted by molar-refractivity contribution is -0.163. The van der Waals surface area contributed by atoms with Crippen LogP contribution in [0.15, 0.2) is 30.3 Å². The highest BCUT2D eigenvalue weighted by atomic mass is 16.6. The molecule has 0 bridgehead atoms. The number of ether oxygens (including phenoxy) is 1. The van der Waals surface area contributed by atoms with Crippen molar-refractivity contribution in [1.82, 2.24) is 10.6 Å². The van der Waals surface area contributed by atoms with E-state index >= 15 is 0 Å². The van der Waals surface area contributed by atoms with Crippen LogP contribution < -0.4 is 10.6 Å². The van der Waals surface area contributed by atoms with Gasteiger partial charge in [0.25, 0.3) is 5.91 Å². The first-order chi connectivity index (χ1) is 11.3. The monoisotopic (exact) mass is 334 g/mol. The van der Waals surface area contributed by atoms with E-state index in [-0.39, 0.29) is 17.7 Å². The zero-order valence-electron chi connectivity index (χ0n) is 14.8. The summed E-state index contributed by atoms with van der Waals surface area (Å²) in [5, 5.41) is 5.47. The number of carbonyl (C=O) groups excluding carboxylic acids is 3. The van der Waals surface area contributed by atoms with Crippen molar-refractivity contribution in [2.24, 2.45) is 11.8 Å². The van der Waals surface area contributed by atoms with Crippen LogP contribution in [0, 0.1) is 11.8 Å². The molecule has 6 nitrogen and oxygen atoms in total. The van der Waals surface area contributed by atoms with Crippen molar-refractivity contribution in [2.45, 2.75) is 39.8 Å². The van der Waals surface area contributed by atoms with E-state index in [2.05, 4.69) is 10.6 Å². The zero-order valence-corrected chi connectivity index (χ0v) is 14.8. The molecule has 1 amide bonds. The average Bonchev–Trinajstić information content (AvgIpc) is 2.52. The standard InChI is InChI=1S/C18H26N2O4/c1-11(2)14(19-5)17(22)24-18(23)15(12(3)4)20-16(21)13-9-7-6-8-10-13/h6-12,14-15,19H,1-5H3,(H,20,21)/t14-,15-/m0/s1. The van der Waals surface area contributed by atoms with Gasteiger partial charge in [0.05, 0.1) is 0 Å². The fraction of sp³-hybridized carbons (Fsp3) is 0.500. The topological polar surface area (TPSA) is 84.5 Å². The van der Waals surface area contributed by atoms with Gasteiger partial charge in [0.2, 0.25) is 0 Å². The molecule has 0 aromatic heterocycles. The minimum atomic E-state index is -0.897. The average molecular weight is 334 g/mol. The van der Waals surface area contributed by atoms with Crippen LogP contribution in [-0.4, -0.2) is 37.0 Å². The highest BCUT2D eigenvalue weighted by molar-refractivity contribution is 5.98. The second-order valence-electron chi connectivity index (χ2n) is 6.31. The minimum absolute atomic E-state index is 0.0216. The summed E-state index contributed by atoms with van der Waals surface area (Å²) < 4.78 is 4.97. The summed E-state index contributed by atoms with van der Waals surface area (Å²) in [7, 11) is 1.63. The Hall–Kier alpha value is -2.21. The van der Waals surface area contributed by atoms with Gasteiger partial charge in [0, 0.05) is 5.56 Å². The van der Waals surface area contributed by atoms with E-state index in [1.165, 1.54) is 0 Å². The normalized spacial score (nSPS) is 13.5. The Morgan fingerprint density at radius 3 is 1.83 bits per heavy atom. The van der Waals surface area contributed by atoms with Gasteiger partial charge in [0.15, 0.2) is 0 Å². The van der Waals surface area contributed by atoms with E-state index in [1.54, 1.807) is 51.2 Å². The number of carbonyl (C=O) groups is 3. The summed E-state index contributed by atoms with van der Waals surface area (Å²) in [6.07, 6.45) is 0. The third kappa shape index (κ3) is 5.45. The number of hydrogen-bond donors (Lipinski definition) is 2. The van der Waals surface area contributed by atoms with E-state index in [0.717, 1.165) is 0 Å². The number of benzene rings is 1. The van der Waals surface area contributed by atoms with E-state index in [0.29, 0.717) is 5.56 Å². The number of esters is 2. The van der Waals surface area contributed by atoms with Gasteiger partial charge >= 0.3 is 11.9 Å². The lowest BCUT2D eigenvalue weighted by Crippen LogP contribution is -2.48. The molecule has 0 saturated heterocycles. The summed E-state index contributed by atoms with van der Waals surface area (Å²) in [6, 6.07) is 7.10. The van der Waals surface area contributed by atoms with Crippen LogP contribution in [0.4, 0.5) is 0 Å².